The van der Waals surface area contributed by atoms with Crippen molar-refractivity contribution in [2.45, 2.75) is 38.1 Å². The number of amides is 2. The van der Waals surface area contributed by atoms with Gasteiger partial charge in [0.05, 0.1) is 17.7 Å². The largest absolute Gasteiger partial charge is 0.495 e. The normalized spacial score (nSPS) is 11.9. The zero-order chi connectivity index (χ0) is 27.7. The van der Waals surface area contributed by atoms with E-state index in [0.717, 1.165) is 15.4 Å². The molecule has 3 rings (SSSR count). The van der Waals surface area contributed by atoms with E-state index in [1.54, 1.807) is 50.2 Å². The Morgan fingerprint density at radius 1 is 0.947 bits per heavy atom. The number of nitrogens with one attached hydrogen (secondary N) is 1. The van der Waals surface area contributed by atoms with Crippen LogP contribution in [0.15, 0.2) is 83.8 Å². The van der Waals surface area contributed by atoms with Crippen LogP contribution in [0.5, 0.6) is 5.75 Å². The Morgan fingerprint density at radius 2 is 1.58 bits per heavy atom. The Morgan fingerprint density at radius 3 is 2.21 bits per heavy atom. The number of hydrogen-bond acceptors (Lipinski definition) is 5. The third-order valence-electron chi connectivity index (χ3n) is 6.24. The number of benzene rings is 3. The summed E-state index contributed by atoms with van der Waals surface area (Å²) in [6.07, 6.45) is 0.510. The van der Waals surface area contributed by atoms with Crippen LogP contribution in [0.4, 0.5) is 5.69 Å². The van der Waals surface area contributed by atoms with Gasteiger partial charge in [-0.1, -0.05) is 60.2 Å². The number of carbonyl (C=O) groups is 2. The molecule has 0 aromatic heterocycles. The molecule has 202 valence electrons. The molecule has 0 fully saturated rings. The van der Waals surface area contributed by atoms with Gasteiger partial charge in [0.15, 0.2) is 0 Å². The van der Waals surface area contributed by atoms with E-state index < -0.39 is 28.5 Å². The summed E-state index contributed by atoms with van der Waals surface area (Å²) in [6.45, 7) is 5.47. The molecular weight excluding hydrogens is 502 g/mol. The van der Waals surface area contributed by atoms with Crippen molar-refractivity contribution in [1.82, 2.24) is 10.2 Å². The van der Waals surface area contributed by atoms with Crippen LogP contribution in [-0.2, 0) is 26.0 Å². The topological polar surface area (TPSA) is 96.0 Å². The summed E-state index contributed by atoms with van der Waals surface area (Å²) in [5.74, 6) is -0.496. The molecule has 3 aromatic carbocycles. The summed E-state index contributed by atoms with van der Waals surface area (Å²) in [4.78, 5) is 28.1. The summed E-state index contributed by atoms with van der Waals surface area (Å²) in [5, 5.41) is 2.76. The fraction of sp³-hybridized carbons (Fsp3) is 0.310. The Hall–Kier alpha value is -3.85. The van der Waals surface area contributed by atoms with E-state index in [-0.39, 0.29) is 23.0 Å². The smallest absolute Gasteiger partial charge is 0.264 e. The molecule has 0 saturated carbocycles. The molecule has 38 heavy (non-hydrogen) atoms. The number of anilines is 1. The van der Waals surface area contributed by atoms with Crippen LogP contribution >= 0.6 is 0 Å². The number of carbonyl (C=O) groups excluding carboxylic acids is 2. The molecular formula is C29H35N3O5S. The minimum Gasteiger partial charge on any atom is -0.495 e. The zero-order valence-electron chi connectivity index (χ0n) is 22.3. The van der Waals surface area contributed by atoms with Crippen LogP contribution in [0.3, 0.4) is 0 Å². The lowest BCUT2D eigenvalue weighted by atomic mass is 10.1. The van der Waals surface area contributed by atoms with Crippen LogP contribution in [-0.4, -0.2) is 57.9 Å². The molecule has 0 saturated heterocycles. The van der Waals surface area contributed by atoms with Crippen molar-refractivity contribution in [1.29, 1.82) is 0 Å². The lowest BCUT2D eigenvalue weighted by Gasteiger charge is -2.32. The number of sulfonamides is 1. The molecule has 8 nitrogen and oxygen atoms in total. The summed E-state index contributed by atoms with van der Waals surface area (Å²) >= 11 is 0. The van der Waals surface area contributed by atoms with Gasteiger partial charge < -0.3 is 15.0 Å². The Labute approximate surface area is 225 Å². The standard InChI is InChI=1S/C29H35N3O5S/c1-5-30-29(34)23(3)31(20-19-24-11-7-6-8-12-24)28(33)21-32(26-13-9-10-14-27(26)37-4)38(35,36)25-17-15-22(2)16-18-25/h6-18,23H,5,19-21H2,1-4H3,(H,30,34)/t23-/m1/s1. The van der Waals surface area contributed by atoms with Gasteiger partial charge >= 0.3 is 0 Å². The van der Waals surface area contributed by atoms with E-state index in [4.69, 9.17) is 4.74 Å². The monoisotopic (exact) mass is 537 g/mol. The Balaban J connectivity index is 2.01. The molecule has 0 aliphatic heterocycles. The number of nitrogens with zero attached hydrogens (tertiary/aromatic N) is 2. The van der Waals surface area contributed by atoms with Crippen molar-refractivity contribution in [3.63, 3.8) is 0 Å². The summed E-state index contributed by atoms with van der Waals surface area (Å²) in [6, 6.07) is 21.9. The molecule has 0 aliphatic carbocycles. The molecule has 3 aromatic rings. The van der Waals surface area contributed by atoms with Crippen molar-refractivity contribution in [2.24, 2.45) is 0 Å². The van der Waals surface area contributed by atoms with Gasteiger partial charge in [-0.05, 0) is 57.0 Å². The Kier molecular flexibility index (Phi) is 9.90. The van der Waals surface area contributed by atoms with E-state index in [2.05, 4.69) is 5.32 Å². The van der Waals surface area contributed by atoms with Gasteiger partial charge in [0.2, 0.25) is 11.8 Å². The highest BCUT2D eigenvalue weighted by Crippen LogP contribution is 2.32. The number of hydrogen-bond donors (Lipinski definition) is 1. The maximum absolute atomic E-state index is 13.9. The second-order valence-electron chi connectivity index (χ2n) is 8.89. The first-order valence-electron chi connectivity index (χ1n) is 12.5. The molecule has 0 heterocycles. The molecule has 0 spiro atoms. The maximum Gasteiger partial charge on any atom is 0.264 e. The molecule has 1 atom stereocenters. The van der Waals surface area contributed by atoms with Gasteiger partial charge in [-0.2, -0.15) is 0 Å². The van der Waals surface area contributed by atoms with Gasteiger partial charge in [-0.25, -0.2) is 8.42 Å². The fourth-order valence-corrected chi connectivity index (χ4v) is 5.50. The van der Waals surface area contributed by atoms with Crippen molar-refractivity contribution >= 4 is 27.5 Å². The van der Waals surface area contributed by atoms with Gasteiger partial charge in [0.25, 0.3) is 10.0 Å². The number of para-hydroxylation sites is 2. The van der Waals surface area contributed by atoms with Crippen LogP contribution in [0.2, 0.25) is 0 Å². The van der Waals surface area contributed by atoms with Crippen LogP contribution in [0, 0.1) is 6.92 Å². The van der Waals surface area contributed by atoms with Gasteiger partial charge in [-0.3, -0.25) is 13.9 Å². The van der Waals surface area contributed by atoms with Crippen molar-refractivity contribution < 1.29 is 22.7 Å². The molecule has 0 bridgehead atoms. The number of aryl methyl sites for hydroxylation is 1. The van der Waals surface area contributed by atoms with Gasteiger partial charge in [-0.15, -0.1) is 0 Å². The molecule has 0 radical (unpaired) electrons. The predicted octanol–water partition coefficient (Wildman–Crippen LogP) is 3.79. The van der Waals surface area contributed by atoms with Gasteiger partial charge in [0.1, 0.15) is 18.3 Å². The van der Waals surface area contributed by atoms with E-state index in [1.807, 2.05) is 37.3 Å². The number of likely N-dealkylation sites (N-methyl/N-ethyl adjacent to an activating group) is 1. The third-order valence-corrected chi connectivity index (χ3v) is 8.02. The molecule has 1 N–H and O–H groups in total. The Bertz CT molecular complexity index is 1330. The van der Waals surface area contributed by atoms with E-state index in [9.17, 15) is 18.0 Å². The van der Waals surface area contributed by atoms with Crippen LogP contribution in [0.1, 0.15) is 25.0 Å². The minimum absolute atomic E-state index is 0.0504. The first-order valence-corrected chi connectivity index (χ1v) is 14.0. The minimum atomic E-state index is -4.15. The average molecular weight is 538 g/mol. The quantitative estimate of drug-likeness (QED) is 0.379. The lowest BCUT2D eigenvalue weighted by molar-refractivity contribution is -0.138. The fourth-order valence-electron chi connectivity index (χ4n) is 4.08. The van der Waals surface area contributed by atoms with Crippen molar-refractivity contribution in [3.05, 3.63) is 90.0 Å². The second kappa shape index (κ2) is 13.1. The SMILES string of the molecule is CCNC(=O)[C@@H](C)N(CCc1ccccc1)C(=O)CN(c1ccccc1OC)S(=O)(=O)c1ccc(C)cc1. The van der Waals surface area contributed by atoms with E-state index in [1.165, 1.54) is 24.1 Å². The van der Waals surface area contributed by atoms with Crippen LogP contribution < -0.4 is 14.4 Å². The first kappa shape index (κ1) is 28.7. The zero-order valence-corrected chi connectivity index (χ0v) is 23.1. The van der Waals surface area contributed by atoms with Gasteiger partial charge in [0, 0.05) is 13.1 Å². The third kappa shape index (κ3) is 6.92. The lowest BCUT2D eigenvalue weighted by Crippen LogP contribution is -2.52. The molecule has 9 heteroatoms. The second-order valence-corrected chi connectivity index (χ2v) is 10.8. The highest BCUT2D eigenvalue weighted by Gasteiger charge is 2.33. The average Bonchev–Trinajstić information content (AvgIpc) is 2.92. The van der Waals surface area contributed by atoms with Crippen LogP contribution in [0.25, 0.3) is 0 Å². The summed E-state index contributed by atoms with van der Waals surface area (Å²) < 4.78 is 34.3. The predicted molar refractivity (Wildman–Crippen MR) is 149 cm³/mol. The van der Waals surface area contributed by atoms with Crippen molar-refractivity contribution in [3.8, 4) is 5.75 Å². The summed E-state index contributed by atoms with van der Waals surface area (Å²) in [5.41, 5.74) is 2.14. The molecule has 2 amide bonds. The first-order chi connectivity index (χ1) is 18.2. The highest BCUT2D eigenvalue weighted by atomic mass is 32.2. The van der Waals surface area contributed by atoms with E-state index in [0.29, 0.717) is 18.7 Å². The van der Waals surface area contributed by atoms with Crippen molar-refractivity contribution in [2.75, 3.05) is 31.0 Å². The number of ether oxygens (including phenoxy) is 1. The molecule has 0 unspecified atom stereocenters. The maximum atomic E-state index is 13.9. The highest BCUT2D eigenvalue weighted by molar-refractivity contribution is 7.92. The van der Waals surface area contributed by atoms with E-state index >= 15 is 0 Å². The molecule has 0 aliphatic rings. The number of methoxy groups -OCH3 is 1. The summed E-state index contributed by atoms with van der Waals surface area (Å²) in [7, 11) is -2.70. The number of rotatable bonds is 12.